The second-order valence-electron chi connectivity index (χ2n) is 5.16. The first-order chi connectivity index (χ1) is 10.9. The Kier molecular flexibility index (Phi) is 4.88. The SMILES string of the molecule is CCOc1cc(C=O)cc2c1OC(CC)C(=O)N2C(C)C(=O)O. The van der Waals surface area contributed by atoms with E-state index in [1.165, 1.54) is 19.1 Å². The van der Waals surface area contributed by atoms with Gasteiger partial charge in [-0.2, -0.15) is 0 Å². The van der Waals surface area contributed by atoms with Crippen LogP contribution in [-0.2, 0) is 9.59 Å². The summed E-state index contributed by atoms with van der Waals surface area (Å²) in [6.07, 6.45) is 0.218. The van der Waals surface area contributed by atoms with Crippen LogP contribution in [0.25, 0.3) is 0 Å². The van der Waals surface area contributed by atoms with Crippen molar-refractivity contribution in [3.8, 4) is 11.5 Å². The number of carboxylic acids is 1. The van der Waals surface area contributed by atoms with Crippen molar-refractivity contribution in [2.75, 3.05) is 11.5 Å². The molecule has 7 nitrogen and oxygen atoms in total. The van der Waals surface area contributed by atoms with Crippen LogP contribution in [0.4, 0.5) is 5.69 Å². The van der Waals surface area contributed by atoms with Crippen molar-refractivity contribution in [3.05, 3.63) is 17.7 Å². The third-order valence-electron chi connectivity index (χ3n) is 3.64. The second-order valence-corrected chi connectivity index (χ2v) is 5.16. The van der Waals surface area contributed by atoms with Crippen LogP contribution in [0.3, 0.4) is 0 Å². The summed E-state index contributed by atoms with van der Waals surface area (Å²) < 4.78 is 11.2. The predicted molar refractivity (Wildman–Crippen MR) is 82.3 cm³/mol. The molecule has 23 heavy (non-hydrogen) atoms. The minimum Gasteiger partial charge on any atom is -0.490 e. The third kappa shape index (κ3) is 2.99. The number of hydrogen-bond donors (Lipinski definition) is 1. The van der Waals surface area contributed by atoms with Gasteiger partial charge >= 0.3 is 5.97 Å². The van der Waals surface area contributed by atoms with Crippen molar-refractivity contribution in [3.63, 3.8) is 0 Å². The van der Waals surface area contributed by atoms with Gasteiger partial charge in [-0.3, -0.25) is 14.5 Å². The van der Waals surface area contributed by atoms with Gasteiger partial charge in [-0.15, -0.1) is 0 Å². The maximum Gasteiger partial charge on any atom is 0.326 e. The molecule has 7 heteroatoms. The van der Waals surface area contributed by atoms with Gasteiger partial charge in [0, 0.05) is 5.56 Å². The van der Waals surface area contributed by atoms with Crippen molar-refractivity contribution >= 4 is 23.9 Å². The zero-order chi connectivity index (χ0) is 17.1. The van der Waals surface area contributed by atoms with Crippen LogP contribution >= 0.6 is 0 Å². The highest BCUT2D eigenvalue weighted by molar-refractivity contribution is 6.05. The summed E-state index contributed by atoms with van der Waals surface area (Å²) in [6, 6.07) is 1.87. The fraction of sp³-hybridized carbons (Fsp3) is 0.438. The highest BCUT2D eigenvalue weighted by Crippen LogP contribution is 2.44. The quantitative estimate of drug-likeness (QED) is 0.804. The lowest BCUT2D eigenvalue weighted by atomic mass is 10.1. The van der Waals surface area contributed by atoms with Gasteiger partial charge in [-0.05, 0) is 32.4 Å². The molecule has 1 aromatic rings. The van der Waals surface area contributed by atoms with Crippen LogP contribution in [-0.4, -0.2) is 42.0 Å². The predicted octanol–water partition coefficient (Wildman–Crippen LogP) is 1.87. The van der Waals surface area contributed by atoms with E-state index in [9.17, 15) is 19.5 Å². The van der Waals surface area contributed by atoms with Crippen molar-refractivity contribution in [1.29, 1.82) is 0 Å². The summed E-state index contributed by atoms with van der Waals surface area (Å²) in [7, 11) is 0. The zero-order valence-corrected chi connectivity index (χ0v) is 13.2. The molecule has 2 rings (SSSR count). The molecule has 0 saturated carbocycles. The van der Waals surface area contributed by atoms with E-state index in [4.69, 9.17) is 9.47 Å². The standard InChI is InChI=1S/C16H19NO6/c1-4-12-15(19)17(9(3)16(20)21)11-6-10(8-18)7-13(22-5-2)14(11)23-12/h6-9,12H,4-5H2,1-3H3,(H,20,21). The number of ether oxygens (including phenoxy) is 2. The van der Waals surface area contributed by atoms with Gasteiger partial charge in [0.1, 0.15) is 12.3 Å². The van der Waals surface area contributed by atoms with Crippen LogP contribution in [0.15, 0.2) is 12.1 Å². The number of aliphatic carboxylic acids is 1. The molecular weight excluding hydrogens is 302 g/mol. The molecule has 1 aromatic carbocycles. The van der Waals surface area contributed by atoms with Gasteiger partial charge < -0.3 is 14.6 Å². The number of rotatable bonds is 6. The Balaban J connectivity index is 2.66. The lowest BCUT2D eigenvalue weighted by molar-refractivity contribution is -0.140. The summed E-state index contributed by atoms with van der Waals surface area (Å²) in [4.78, 5) is 36.2. The van der Waals surface area contributed by atoms with Crippen molar-refractivity contribution < 1.29 is 29.0 Å². The number of anilines is 1. The molecule has 0 aromatic heterocycles. The molecule has 1 aliphatic heterocycles. The number of aldehydes is 1. The molecule has 0 fully saturated rings. The minimum atomic E-state index is -1.14. The van der Waals surface area contributed by atoms with Crippen LogP contribution in [0.1, 0.15) is 37.6 Å². The van der Waals surface area contributed by atoms with Gasteiger partial charge in [0.2, 0.25) is 0 Å². The number of fused-ring (bicyclic) bond motifs is 1. The van der Waals surface area contributed by atoms with Gasteiger partial charge in [0.25, 0.3) is 5.91 Å². The van der Waals surface area contributed by atoms with Crippen LogP contribution < -0.4 is 14.4 Å². The van der Waals surface area contributed by atoms with E-state index in [1.54, 1.807) is 13.8 Å². The maximum absolute atomic E-state index is 12.5. The average Bonchev–Trinajstić information content (AvgIpc) is 2.53. The summed E-state index contributed by atoms with van der Waals surface area (Å²) in [6.45, 7) is 5.31. The molecule has 1 N–H and O–H groups in total. The van der Waals surface area contributed by atoms with E-state index >= 15 is 0 Å². The molecule has 1 amide bonds. The molecule has 1 heterocycles. The fourth-order valence-electron chi connectivity index (χ4n) is 2.47. The Morgan fingerprint density at radius 3 is 2.70 bits per heavy atom. The van der Waals surface area contributed by atoms with E-state index in [2.05, 4.69) is 0 Å². The van der Waals surface area contributed by atoms with E-state index in [-0.39, 0.29) is 17.0 Å². The van der Waals surface area contributed by atoms with E-state index in [1.807, 2.05) is 0 Å². The molecule has 0 spiro atoms. The van der Waals surface area contributed by atoms with E-state index < -0.39 is 24.0 Å². The molecule has 0 aliphatic carbocycles. The smallest absolute Gasteiger partial charge is 0.326 e. The number of carbonyl (C=O) groups excluding carboxylic acids is 2. The van der Waals surface area contributed by atoms with Gasteiger partial charge in [-0.25, -0.2) is 4.79 Å². The largest absolute Gasteiger partial charge is 0.490 e. The maximum atomic E-state index is 12.5. The summed E-state index contributed by atoms with van der Waals surface area (Å²) in [5, 5.41) is 9.30. The number of benzene rings is 1. The molecule has 0 radical (unpaired) electrons. The molecule has 0 bridgehead atoms. The number of nitrogens with zero attached hydrogens (tertiary/aromatic N) is 1. The van der Waals surface area contributed by atoms with E-state index in [0.717, 1.165) is 4.90 Å². The topological polar surface area (TPSA) is 93.1 Å². The molecule has 2 atom stereocenters. The van der Waals surface area contributed by atoms with Crippen molar-refractivity contribution in [2.45, 2.75) is 39.3 Å². The summed E-state index contributed by atoms with van der Waals surface area (Å²) in [5.74, 6) is -0.978. The highest BCUT2D eigenvalue weighted by Gasteiger charge is 2.40. The highest BCUT2D eigenvalue weighted by atomic mass is 16.5. The third-order valence-corrected chi connectivity index (χ3v) is 3.64. The van der Waals surface area contributed by atoms with Crippen LogP contribution in [0, 0.1) is 0 Å². The average molecular weight is 321 g/mol. The normalized spacial score (nSPS) is 18.0. The molecular formula is C16H19NO6. The second kappa shape index (κ2) is 6.68. The Hall–Kier alpha value is -2.57. The number of amides is 1. The Labute approximate surface area is 133 Å². The van der Waals surface area contributed by atoms with Gasteiger partial charge in [0.15, 0.2) is 17.6 Å². The monoisotopic (exact) mass is 321 g/mol. The van der Waals surface area contributed by atoms with Crippen LogP contribution in [0.5, 0.6) is 11.5 Å². The first-order valence-electron chi connectivity index (χ1n) is 7.43. The van der Waals surface area contributed by atoms with Gasteiger partial charge in [-0.1, -0.05) is 6.92 Å². The summed E-state index contributed by atoms with van der Waals surface area (Å²) >= 11 is 0. The molecule has 124 valence electrons. The molecule has 1 aliphatic rings. The lowest BCUT2D eigenvalue weighted by Gasteiger charge is -2.37. The fourth-order valence-corrected chi connectivity index (χ4v) is 2.47. The number of carbonyl (C=O) groups is 3. The summed E-state index contributed by atoms with van der Waals surface area (Å²) in [5.41, 5.74) is 0.517. The molecule has 2 unspecified atom stereocenters. The Bertz CT molecular complexity index is 642. The van der Waals surface area contributed by atoms with Crippen molar-refractivity contribution in [1.82, 2.24) is 0 Å². The van der Waals surface area contributed by atoms with Crippen molar-refractivity contribution in [2.24, 2.45) is 0 Å². The van der Waals surface area contributed by atoms with E-state index in [0.29, 0.717) is 25.1 Å². The van der Waals surface area contributed by atoms with Gasteiger partial charge in [0.05, 0.1) is 12.3 Å². The minimum absolute atomic E-state index is 0.239. The number of hydrogen-bond acceptors (Lipinski definition) is 5. The zero-order valence-electron chi connectivity index (χ0n) is 13.2. The molecule has 0 saturated heterocycles. The first-order valence-corrected chi connectivity index (χ1v) is 7.43. The first kappa shape index (κ1) is 16.8. The Morgan fingerprint density at radius 1 is 1.48 bits per heavy atom. The van der Waals surface area contributed by atoms with Crippen LogP contribution in [0.2, 0.25) is 0 Å². The lowest BCUT2D eigenvalue weighted by Crippen LogP contribution is -2.52. The Morgan fingerprint density at radius 2 is 2.17 bits per heavy atom. The number of carboxylic acid groups (broad SMARTS) is 1.